The second-order valence-electron chi connectivity index (χ2n) is 6.27. The van der Waals surface area contributed by atoms with Gasteiger partial charge < -0.3 is 14.0 Å². The van der Waals surface area contributed by atoms with Crippen LogP contribution in [0.3, 0.4) is 0 Å². The van der Waals surface area contributed by atoms with Gasteiger partial charge in [-0.2, -0.15) is 0 Å². The monoisotopic (exact) mass is 332 g/mol. The third kappa shape index (κ3) is 2.23. The van der Waals surface area contributed by atoms with Crippen molar-refractivity contribution >= 4 is 5.78 Å². The molecule has 3 aromatic rings. The highest BCUT2D eigenvalue weighted by Gasteiger charge is 2.30. The molecule has 2 aliphatic heterocycles. The van der Waals surface area contributed by atoms with Crippen LogP contribution in [0.15, 0.2) is 55.0 Å². The van der Waals surface area contributed by atoms with Gasteiger partial charge in [-0.25, -0.2) is 4.98 Å². The number of fused-ring (bicyclic) bond motifs is 4. The lowest BCUT2D eigenvalue weighted by molar-refractivity contribution is 0.0969. The maximum atomic E-state index is 12.9. The predicted molar refractivity (Wildman–Crippen MR) is 92.2 cm³/mol. The fourth-order valence-electron chi connectivity index (χ4n) is 3.65. The molecular formula is C20H16N2O3. The van der Waals surface area contributed by atoms with E-state index >= 15 is 0 Å². The van der Waals surface area contributed by atoms with Gasteiger partial charge in [0.05, 0.1) is 24.3 Å². The number of benzene rings is 2. The minimum Gasteiger partial charge on any atom is -0.486 e. The summed E-state index contributed by atoms with van der Waals surface area (Å²) in [6.45, 7) is 1.06. The van der Waals surface area contributed by atoms with E-state index in [2.05, 4.69) is 21.7 Å². The van der Waals surface area contributed by atoms with Crippen molar-refractivity contribution in [3.63, 3.8) is 0 Å². The molecule has 0 bridgehead atoms. The van der Waals surface area contributed by atoms with E-state index in [-0.39, 0.29) is 11.8 Å². The SMILES string of the molecule is O=C(CC1c2ccccc2-c2cncn21)c1ccc2c(c1)OCCO2. The molecule has 0 saturated carbocycles. The molecule has 0 fully saturated rings. The van der Waals surface area contributed by atoms with Gasteiger partial charge in [0.15, 0.2) is 17.3 Å². The van der Waals surface area contributed by atoms with Crippen LogP contribution in [0.1, 0.15) is 28.4 Å². The molecule has 3 heterocycles. The lowest BCUT2D eigenvalue weighted by atomic mass is 9.96. The maximum absolute atomic E-state index is 12.9. The van der Waals surface area contributed by atoms with Crippen molar-refractivity contribution < 1.29 is 14.3 Å². The van der Waals surface area contributed by atoms with Crippen LogP contribution < -0.4 is 9.47 Å². The van der Waals surface area contributed by atoms with E-state index < -0.39 is 0 Å². The Morgan fingerprint density at radius 1 is 1.12 bits per heavy atom. The molecule has 0 saturated heterocycles. The summed E-state index contributed by atoms with van der Waals surface area (Å²) in [5.41, 5.74) is 4.04. The number of nitrogens with zero attached hydrogens (tertiary/aromatic N) is 2. The first-order valence-electron chi connectivity index (χ1n) is 8.35. The molecule has 5 nitrogen and oxygen atoms in total. The number of hydrogen-bond acceptors (Lipinski definition) is 4. The number of carbonyl (C=O) groups is 1. The molecule has 0 radical (unpaired) electrons. The lowest BCUT2D eigenvalue weighted by Crippen LogP contribution is -2.16. The minimum absolute atomic E-state index is 0.0191. The van der Waals surface area contributed by atoms with Gasteiger partial charge in [0.25, 0.3) is 0 Å². The number of carbonyl (C=O) groups excluding carboxylic acids is 1. The van der Waals surface area contributed by atoms with E-state index in [4.69, 9.17) is 9.47 Å². The zero-order valence-electron chi connectivity index (χ0n) is 13.5. The van der Waals surface area contributed by atoms with Crippen molar-refractivity contribution in [2.24, 2.45) is 0 Å². The van der Waals surface area contributed by atoms with Crippen LogP contribution in [-0.4, -0.2) is 28.5 Å². The second-order valence-corrected chi connectivity index (χ2v) is 6.27. The molecule has 0 N–H and O–H groups in total. The first kappa shape index (κ1) is 14.3. The van der Waals surface area contributed by atoms with Crippen molar-refractivity contribution in [1.29, 1.82) is 0 Å². The van der Waals surface area contributed by atoms with Gasteiger partial charge in [-0.1, -0.05) is 24.3 Å². The summed E-state index contributed by atoms with van der Waals surface area (Å²) in [4.78, 5) is 17.1. The van der Waals surface area contributed by atoms with Crippen LogP contribution in [0.5, 0.6) is 11.5 Å². The van der Waals surface area contributed by atoms with Crippen LogP contribution in [0.4, 0.5) is 0 Å². The summed E-state index contributed by atoms with van der Waals surface area (Å²) < 4.78 is 13.2. The molecule has 1 atom stereocenters. The normalized spacial score (nSPS) is 17.0. The third-order valence-corrected chi connectivity index (χ3v) is 4.84. The Morgan fingerprint density at radius 2 is 1.96 bits per heavy atom. The fraction of sp³-hybridized carbons (Fsp3) is 0.200. The van der Waals surface area contributed by atoms with Gasteiger partial charge in [-0.05, 0) is 23.8 Å². The number of rotatable bonds is 3. The summed E-state index contributed by atoms with van der Waals surface area (Å²) >= 11 is 0. The molecule has 2 aliphatic rings. The Labute approximate surface area is 144 Å². The summed E-state index contributed by atoms with van der Waals surface area (Å²) in [7, 11) is 0. The van der Waals surface area contributed by atoms with E-state index in [0.717, 1.165) is 11.3 Å². The number of Topliss-reactive ketones (excluding diaryl/α,β-unsaturated/α-hetero) is 1. The van der Waals surface area contributed by atoms with Gasteiger partial charge in [0.1, 0.15) is 13.2 Å². The zero-order valence-corrected chi connectivity index (χ0v) is 13.5. The number of ketones is 1. The molecule has 5 rings (SSSR count). The summed E-state index contributed by atoms with van der Waals surface area (Å²) in [6.07, 6.45) is 4.05. The molecule has 25 heavy (non-hydrogen) atoms. The zero-order chi connectivity index (χ0) is 16.8. The first-order valence-corrected chi connectivity index (χ1v) is 8.35. The fourth-order valence-corrected chi connectivity index (χ4v) is 3.65. The quantitative estimate of drug-likeness (QED) is 0.689. The smallest absolute Gasteiger partial charge is 0.165 e. The molecule has 0 spiro atoms. The second kappa shape index (κ2) is 5.48. The highest BCUT2D eigenvalue weighted by molar-refractivity contribution is 5.97. The van der Waals surface area contributed by atoms with Gasteiger partial charge in [0.2, 0.25) is 0 Å². The molecule has 1 unspecified atom stereocenters. The van der Waals surface area contributed by atoms with E-state index in [9.17, 15) is 4.79 Å². The van der Waals surface area contributed by atoms with Crippen molar-refractivity contribution in [3.05, 3.63) is 66.1 Å². The van der Waals surface area contributed by atoms with Gasteiger partial charge in [0, 0.05) is 17.5 Å². The van der Waals surface area contributed by atoms with E-state index in [0.29, 0.717) is 36.7 Å². The van der Waals surface area contributed by atoms with Gasteiger partial charge >= 0.3 is 0 Å². The van der Waals surface area contributed by atoms with Crippen LogP contribution in [0.25, 0.3) is 11.3 Å². The van der Waals surface area contributed by atoms with Crippen molar-refractivity contribution in [2.45, 2.75) is 12.5 Å². The van der Waals surface area contributed by atoms with E-state index in [1.165, 1.54) is 5.56 Å². The molecule has 0 aliphatic carbocycles. The minimum atomic E-state index is -0.0191. The number of ether oxygens (including phenoxy) is 2. The number of imidazole rings is 1. The molecule has 0 amide bonds. The van der Waals surface area contributed by atoms with Crippen LogP contribution in [0.2, 0.25) is 0 Å². The highest BCUT2D eigenvalue weighted by atomic mass is 16.6. The predicted octanol–water partition coefficient (Wildman–Crippen LogP) is 3.50. The highest BCUT2D eigenvalue weighted by Crippen LogP contribution is 2.41. The van der Waals surface area contributed by atoms with Crippen LogP contribution in [0, 0.1) is 0 Å². The Balaban J connectivity index is 1.47. The number of aromatic nitrogens is 2. The van der Waals surface area contributed by atoms with Crippen molar-refractivity contribution in [2.75, 3.05) is 13.2 Å². The van der Waals surface area contributed by atoms with Gasteiger partial charge in [-0.15, -0.1) is 0 Å². The molecule has 5 heteroatoms. The Morgan fingerprint density at radius 3 is 2.88 bits per heavy atom. The molecule has 124 valence electrons. The summed E-state index contributed by atoms with van der Waals surface area (Å²) in [5, 5.41) is 0. The average Bonchev–Trinajstić information content (AvgIpc) is 3.24. The Kier molecular flexibility index (Phi) is 3.13. The van der Waals surface area contributed by atoms with Crippen molar-refractivity contribution in [1.82, 2.24) is 9.55 Å². The Bertz CT molecular complexity index is 977. The average molecular weight is 332 g/mol. The molecular weight excluding hydrogens is 316 g/mol. The molecule has 2 aromatic carbocycles. The van der Waals surface area contributed by atoms with Gasteiger partial charge in [-0.3, -0.25) is 4.79 Å². The lowest BCUT2D eigenvalue weighted by Gasteiger charge is -2.19. The van der Waals surface area contributed by atoms with Crippen LogP contribution >= 0.6 is 0 Å². The maximum Gasteiger partial charge on any atom is 0.165 e. The topological polar surface area (TPSA) is 53.4 Å². The largest absolute Gasteiger partial charge is 0.486 e. The van der Waals surface area contributed by atoms with E-state index in [1.54, 1.807) is 12.4 Å². The molecule has 1 aromatic heterocycles. The van der Waals surface area contributed by atoms with Crippen molar-refractivity contribution in [3.8, 4) is 22.8 Å². The first-order chi connectivity index (χ1) is 12.3. The number of hydrogen-bond donors (Lipinski definition) is 0. The van der Waals surface area contributed by atoms with Crippen LogP contribution in [-0.2, 0) is 0 Å². The summed E-state index contributed by atoms with van der Waals surface area (Å²) in [5.74, 6) is 1.43. The summed E-state index contributed by atoms with van der Waals surface area (Å²) in [6, 6.07) is 13.6. The Hall–Kier alpha value is -3.08. The van der Waals surface area contributed by atoms with E-state index in [1.807, 2.05) is 30.5 Å². The standard InChI is InChI=1S/C20H16N2O3/c23-18(13-5-6-19-20(9-13)25-8-7-24-19)10-16-14-3-1-2-4-15(14)17-11-21-12-22(16)17/h1-6,9,11-12,16H,7-8,10H2. The third-order valence-electron chi connectivity index (χ3n) is 4.84.